The second-order valence-electron chi connectivity index (χ2n) is 16.8. The molecule has 6 aromatic heterocycles. The summed E-state index contributed by atoms with van der Waals surface area (Å²) in [6.07, 6.45) is 2.82. The van der Waals surface area contributed by atoms with Crippen molar-refractivity contribution in [2.45, 2.75) is 44.7 Å². The SMILES string of the molecule is CC1(C(=O)NCCO)C(=O)Nc2nc(-c3cc(-c4ccon4)n(Cc4ccccc4F)n3)nc(NCCO)c21.CCOC(=O)C1(C)C(=O)Nc2nc(-c3cc(-c4ccon4)n(Cc4ccccc4F)n3)nc(Br)c21. The molecule has 0 saturated carbocycles. The van der Waals surface area contributed by atoms with Crippen LogP contribution in [0.2, 0.25) is 0 Å². The van der Waals surface area contributed by atoms with Crippen molar-refractivity contribution in [2.75, 3.05) is 48.9 Å². The molecule has 8 heterocycles. The number of nitrogens with zero attached hydrogens (tertiary/aromatic N) is 10. The number of aliphatic hydroxyl groups excluding tert-OH is 2. The van der Waals surface area contributed by atoms with E-state index in [-0.39, 0.29) is 102 Å². The molecule has 0 aliphatic carbocycles. The van der Waals surface area contributed by atoms with E-state index in [0.717, 1.165) is 0 Å². The molecule has 3 amide bonds. The number of aromatic nitrogens is 10. The Bertz CT molecular complexity index is 3430. The summed E-state index contributed by atoms with van der Waals surface area (Å²) in [6.45, 7) is 4.38. The first-order chi connectivity index (χ1) is 35.7. The third-order valence-corrected chi connectivity index (χ3v) is 12.6. The van der Waals surface area contributed by atoms with Gasteiger partial charge in [0.05, 0.1) is 55.4 Å². The molecule has 0 bridgehead atoms. The molecule has 0 spiro atoms. The Balaban J connectivity index is 0.000000183. The Morgan fingerprint density at radius 2 is 1.23 bits per heavy atom. The lowest BCUT2D eigenvalue weighted by Crippen LogP contribution is -2.48. The molecule has 74 heavy (non-hydrogen) atoms. The highest BCUT2D eigenvalue weighted by atomic mass is 79.9. The number of amides is 3. The quantitative estimate of drug-likeness (QED) is 0.0437. The first-order valence-electron chi connectivity index (χ1n) is 22.7. The maximum atomic E-state index is 14.4. The van der Waals surface area contributed by atoms with E-state index in [0.29, 0.717) is 39.6 Å². The molecule has 6 N–H and O–H groups in total. The summed E-state index contributed by atoms with van der Waals surface area (Å²) in [7, 11) is 0. The maximum Gasteiger partial charge on any atom is 0.326 e. The van der Waals surface area contributed by atoms with Crippen LogP contribution in [-0.4, -0.2) is 117 Å². The first-order valence-corrected chi connectivity index (χ1v) is 23.5. The highest BCUT2D eigenvalue weighted by Crippen LogP contribution is 2.44. The predicted molar refractivity (Wildman–Crippen MR) is 260 cm³/mol. The molecule has 23 nitrogen and oxygen atoms in total. The average Bonchev–Trinajstić information content (AvgIpc) is 4.27. The van der Waals surface area contributed by atoms with Crippen LogP contribution in [0.4, 0.5) is 26.2 Å². The van der Waals surface area contributed by atoms with Crippen LogP contribution in [0.5, 0.6) is 0 Å². The minimum Gasteiger partial charge on any atom is -0.465 e. The molecule has 2 aliphatic heterocycles. The molecule has 8 aromatic rings. The third kappa shape index (κ3) is 9.35. The highest BCUT2D eigenvalue weighted by molar-refractivity contribution is 9.10. The second-order valence-corrected chi connectivity index (χ2v) is 17.5. The van der Waals surface area contributed by atoms with Gasteiger partial charge in [0.1, 0.15) is 69.0 Å². The van der Waals surface area contributed by atoms with Crippen molar-refractivity contribution >= 4 is 57.1 Å². The lowest BCUT2D eigenvalue weighted by molar-refractivity contribution is -0.152. The number of esters is 1. The molecule has 380 valence electrons. The summed E-state index contributed by atoms with van der Waals surface area (Å²) in [4.78, 5) is 69.3. The van der Waals surface area contributed by atoms with Crippen LogP contribution in [-0.2, 0) is 47.8 Å². The summed E-state index contributed by atoms with van der Waals surface area (Å²) < 4.78 is 47.2. The van der Waals surface area contributed by atoms with Gasteiger partial charge in [-0.25, -0.2) is 28.7 Å². The fourth-order valence-corrected chi connectivity index (χ4v) is 8.97. The monoisotopic (exact) mass is 1080 g/mol. The van der Waals surface area contributed by atoms with Gasteiger partial charge in [-0.2, -0.15) is 10.2 Å². The van der Waals surface area contributed by atoms with E-state index in [1.54, 1.807) is 72.3 Å². The molecular formula is C48H43BrF2N14O9. The zero-order chi connectivity index (χ0) is 52.3. The van der Waals surface area contributed by atoms with E-state index in [1.165, 1.54) is 43.2 Å². The Kier molecular flexibility index (Phi) is 14.2. The zero-order valence-electron chi connectivity index (χ0n) is 39.4. The number of anilines is 3. The van der Waals surface area contributed by atoms with Crippen molar-refractivity contribution in [1.29, 1.82) is 0 Å². The maximum absolute atomic E-state index is 14.4. The van der Waals surface area contributed by atoms with Crippen molar-refractivity contribution in [2.24, 2.45) is 0 Å². The molecule has 2 unspecified atom stereocenters. The number of rotatable bonds is 16. The molecule has 0 fully saturated rings. The van der Waals surface area contributed by atoms with Crippen LogP contribution in [0.1, 0.15) is 43.0 Å². The number of ether oxygens (including phenoxy) is 1. The summed E-state index contributed by atoms with van der Waals surface area (Å²) in [6, 6.07) is 19.3. The van der Waals surface area contributed by atoms with E-state index < -0.39 is 40.3 Å². The summed E-state index contributed by atoms with van der Waals surface area (Å²) in [5.74, 6) is -2.59. The van der Waals surface area contributed by atoms with Gasteiger partial charge in [-0.15, -0.1) is 0 Å². The van der Waals surface area contributed by atoms with Gasteiger partial charge in [0.15, 0.2) is 22.5 Å². The predicted octanol–water partition coefficient (Wildman–Crippen LogP) is 4.62. The Morgan fingerprint density at radius 1 is 0.716 bits per heavy atom. The number of aliphatic hydroxyl groups is 2. The van der Waals surface area contributed by atoms with Crippen molar-refractivity contribution in [3.63, 3.8) is 0 Å². The fraction of sp³-hybridized carbons (Fsp3) is 0.250. The minimum absolute atomic E-state index is 0.0420. The lowest BCUT2D eigenvalue weighted by atomic mass is 9.83. The largest absolute Gasteiger partial charge is 0.465 e. The van der Waals surface area contributed by atoms with Gasteiger partial charge in [-0.1, -0.05) is 46.7 Å². The van der Waals surface area contributed by atoms with Crippen molar-refractivity contribution in [3.8, 4) is 45.8 Å². The molecular weight excluding hydrogens is 1030 g/mol. The normalized spacial score (nSPS) is 16.4. The Hall–Kier alpha value is -8.62. The van der Waals surface area contributed by atoms with Crippen LogP contribution in [0.25, 0.3) is 45.8 Å². The molecule has 2 aliphatic rings. The number of benzene rings is 2. The van der Waals surface area contributed by atoms with Gasteiger partial charge >= 0.3 is 5.97 Å². The highest BCUT2D eigenvalue weighted by Gasteiger charge is 2.54. The number of nitrogens with one attached hydrogen (secondary N) is 4. The van der Waals surface area contributed by atoms with Gasteiger partial charge in [0, 0.05) is 36.3 Å². The Labute approximate surface area is 425 Å². The lowest BCUT2D eigenvalue weighted by Gasteiger charge is -2.23. The van der Waals surface area contributed by atoms with E-state index >= 15 is 0 Å². The number of fused-ring (bicyclic) bond motifs is 2. The first kappa shape index (κ1) is 50.3. The van der Waals surface area contributed by atoms with E-state index in [4.69, 9.17) is 18.9 Å². The number of carbonyl (C=O) groups is 4. The molecule has 2 aromatic carbocycles. The number of hydrogen-bond donors (Lipinski definition) is 6. The smallest absolute Gasteiger partial charge is 0.326 e. The van der Waals surface area contributed by atoms with Gasteiger partial charge < -0.3 is 45.3 Å². The van der Waals surface area contributed by atoms with Crippen LogP contribution < -0.4 is 21.3 Å². The number of carbonyl (C=O) groups excluding carboxylic acids is 4. The van der Waals surface area contributed by atoms with Crippen molar-refractivity contribution in [3.05, 3.63) is 124 Å². The van der Waals surface area contributed by atoms with E-state index in [9.17, 15) is 33.1 Å². The second kappa shape index (κ2) is 20.8. The van der Waals surface area contributed by atoms with Crippen LogP contribution in [0.3, 0.4) is 0 Å². The molecule has 10 rings (SSSR count). The third-order valence-electron chi connectivity index (χ3n) is 12.1. The summed E-state index contributed by atoms with van der Waals surface area (Å²) in [5, 5.41) is 46.4. The summed E-state index contributed by atoms with van der Waals surface area (Å²) >= 11 is 3.38. The molecule has 0 radical (unpaired) electrons. The summed E-state index contributed by atoms with van der Waals surface area (Å²) in [5.41, 5.74) is 0.647. The average molecular weight is 1080 g/mol. The molecule has 26 heteroatoms. The van der Waals surface area contributed by atoms with E-state index in [2.05, 4.69) is 77.6 Å². The van der Waals surface area contributed by atoms with Crippen LogP contribution in [0.15, 0.2) is 99.0 Å². The van der Waals surface area contributed by atoms with Gasteiger partial charge in [-0.05, 0) is 61.0 Å². The fourth-order valence-electron chi connectivity index (χ4n) is 8.22. The number of hydrogen-bond acceptors (Lipinski definition) is 18. The minimum atomic E-state index is -1.70. The van der Waals surface area contributed by atoms with Crippen LogP contribution >= 0.6 is 15.9 Å². The molecule has 2 atom stereocenters. The van der Waals surface area contributed by atoms with Crippen molar-refractivity contribution < 1.29 is 52.0 Å². The van der Waals surface area contributed by atoms with Gasteiger partial charge in [0.25, 0.3) is 0 Å². The van der Waals surface area contributed by atoms with Gasteiger partial charge in [-0.3, -0.25) is 28.5 Å². The van der Waals surface area contributed by atoms with Gasteiger partial charge in [0.2, 0.25) is 17.7 Å². The standard InChI is InChI=1S/C25H25FN8O5.C23H18BrFN6O4/c1-25(23(37)28-8-10-36)19-21(27-7-9-35)29-20(30-22(19)31-24(25)38)17-12-18(16-6-11-39-33-16)34(32-17)13-14-4-2-3-5-15(14)26;1-3-34-22(33)23(2)17-18(24)26-19(27-20(17)28-21(23)32)15-10-16(14-8-9-35-30-14)31(29-15)11-12-6-4-5-7-13(12)25/h2-6,11-12,35-36H,7-10,13H2,1H3,(H,28,37)(H2,27,29,30,31,38);4-10H,3,11H2,1-2H3,(H,26,27,28,32). The number of halogens is 3. The topological polar surface area (TPSA) is 305 Å². The van der Waals surface area contributed by atoms with Crippen LogP contribution in [0, 0.1) is 11.6 Å². The molecule has 0 saturated heterocycles. The zero-order valence-corrected chi connectivity index (χ0v) is 41.0. The Morgan fingerprint density at radius 3 is 1.73 bits per heavy atom. The van der Waals surface area contributed by atoms with Crippen molar-refractivity contribution in [1.82, 2.24) is 55.1 Å². The van der Waals surface area contributed by atoms with E-state index in [1.807, 2.05) is 0 Å².